The first kappa shape index (κ1) is 26.2. The van der Waals surface area contributed by atoms with Crippen molar-refractivity contribution in [3.63, 3.8) is 0 Å². The first-order valence-electron chi connectivity index (χ1n) is 11.1. The number of esters is 2. The van der Waals surface area contributed by atoms with Crippen molar-refractivity contribution in [3.8, 4) is 11.1 Å². The molecule has 0 radical (unpaired) electrons. The number of nitro groups is 1. The van der Waals surface area contributed by atoms with Crippen LogP contribution in [-0.2, 0) is 14.2 Å². The number of benzene rings is 2. The molecular weight excluding hydrogens is 464 g/mol. The van der Waals surface area contributed by atoms with E-state index in [1.807, 2.05) is 36.4 Å². The van der Waals surface area contributed by atoms with E-state index in [2.05, 4.69) is 4.98 Å². The van der Waals surface area contributed by atoms with E-state index >= 15 is 0 Å². The van der Waals surface area contributed by atoms with E-state index in [1.165, 1.54) is 25.3 Å². The molecule has 0 spiro atoms. The molecule has 3 rings (SSSR count). The largest absolute Gasteiger partial charge is 0.460 e. The number of methoxy groups -OCH3 is 1. The Morgan fingerprint density at radius 2 is 1.61 bits per heavy atom. The first-order chi connectivity index (χ1) is 17.3. The lowest BCUT2D eigenvalue weighted by Crippen LogP contribution is -2.18. The van der Waals surface area contributed by atoms with Crippen LogP contribution in [0.15, 0.2) is 60.7 Å². The molecule has 0 unspecified atom stereocenters. The molecule has 36 heavy (non-hydrogen) atoms. The number of nitro benzene ring substituents is 1. The van der Waals surface area contributed by atoms with E-state index < -0.39 is 16.9 Å². The zero-order chi connectivity index (χ0) is 26.1. The molecule has 0 aliphatic carbocycles. The Balaban J connectivity index is 2.05. The predicted molar refractivity (Wildman–Crippen MR) is 134 cm³/mol. The van der Waals surface area contributed by atoms with Crippen molar-refractivity contribution in [1.82, 2.24) is 4.98 Å². The predicted octanol–water partition coefficient (Wildman–Crippen LogP) is 4.95. The summed E-state index contributed by atoms with van der Waals surface area (Å²) in [7, 11) is 1.47. The summed E-state index contributed by atoms with van der Waals surface area (Å²) in [6, 6.07) is 15.2. The van der Waals surface area contributed by atoms with Crippen LogP contribution in [0.1, 0.15) is 37.7 Å². The van der Waals surface area contributed by atoms with Gasteiger partial charge in [-0.15, -0.1) is 0 Å². The number of hydrogen-bond acceptors (Lipinski definition) is 8. The maximum atomic E-state index is 13.2. The van der Waals surface area contributed by atoms with Crippen LogP contribution in [0.25, 0.3) is 17.2 Å². The van der Waals surface area contributed by atoms with Gasteiger partial charge < -0.3 is 14.2 Å². The van der Waals surface area contributed by atoms with Gasteiger partial charge in [0.1, 0.15) is 13.2 Å². The Kier molecular flexibility index (Phi) is 9.01. The lowest BCUT2D eigenvalue weighted by molar-refractivity contribution is -0.384. The number of hydrogen-bond donors (Lipinski definition) is 0. The summed E-state index contributed by atoms with van der Waals surface area (Å²) in [4.78, 5) is 41.5. The van der Waals surface area contributed by atoms with Gasteiger partial charge in [-0.3, -0.25) is 15.1 Å². The van der Waals surface area contributed by atoms with Crippen molar-refractivity contribution in [3.05, 3.63) is 98.9 Å². The van der Waals surface area contributed by atoms with Gasteiger partial charge in [-0.25, -0.2) is 9.59 Å². The van der Waals surface area contributed by atoms with Gasteiger partial charge in [-0.05, 0) is 31.1 Å². The van der Waals surface area contributed by atoms with Crippen LogP contribution < -0.4 is 0 Å². The molecule has 3 aromatic rings. The normalized spacial score (nSPS) is 10.9. The first-order valence-corrected chi connectivity index (χ1v) is 11.1. The van der Waals surface area contributed by atoms with Crippen molar-refractivity contribution in [1.29, 1.82) is 0 Å². The summed E-state index contributed by atoms with van der Waals surface area (Å²) in [6.45, 7) is 3.37. The van der Waals surface area contributed by atoms with Gasteiger partial charge in [-0.2, -0.15) is 0 Å². The molecule has 0 N–H and O–H groups in total. The van der Waals surface area contributed by atoms with E-state index in [4.69, 9.17) is 14.2 Å². The molecule has 0 fully saturated rings. The second-order valence-corrected chi connectivity index (χ2v) is 7.76. The molecule has 1 aromatic heterocycles. The minimum absolute atomic E-state index is 0.0128. The minimum Gasteiger partial charge on any atom is -0.460 e. The smallest absolute Gasteiger partial charge is 0.340 e. The van der Waals surface area contributed by atoms with E-state index in [1.54, 1.807) is 26.0 Å². The minimum atomic E-state index is -0.725. The molecule has 0 aliphatic heterocycles. The Bertz CT molecular complexity index is 1290. The van der Waals surface area contributed by atoms with E-state index in [9.17, 15) is 19.7 Å². The fourth-order valence-corrected chi connectivity index (χ4v) is 3.65. The number of rotatable bonds is 10. The SMILES string of the molecule is COCCOC(=O)c1c(C)nc(C)c(C(=O)OCC=Cc2ccccc2)c1-c1cccc([N+](=O)[O-])c1. The zero-order valence-electron chi connectivity index (χ0n) is 20.2. The number of nitrogens with zero attached hydrogens (tertiary/aromatic N) is 2. The maximum absolute atomic E-state index is 13.2. The molecule has 9 heteroatoms. The fourth-order valence-electron chi connectivity index (χ4n) is 3.65. The highest BCUT2D eigenvalue weighted by Gasteiger charge is 2.28. The topological polar surface area (TPSA) is 118 Å². The van der Waals surface area contributed by atoms with Gasteiger partial charge in [0.2, 0.25) is 0 Å². The molecule has 2 aromatic carbocycles. The molecule has 0 saturated carbocycles. The Labute approximate surface area is 208 Å². The highest BCUT2D eigenvalue weighted by Crippen LogP contribution is 2.34. The summed E-state index contributed by atoms with van der Waals surface area (Å²) in [5.74, 6) is -1.44. The molecular formula is C27H26N2O7. The Morgan fingerprint density at radius 3 is 2.25 bits per heavy atom. The number of pyridine rings is 1. The molecule has 0 atom stereocenters. The highest BCUT2D eigenvalue weighted by atomic mass is 16.6. The summed E-state index contributed by atoms with van der Waals surface area (Å²) in [5.41, 5.74) is 1.92. The van der Waals surface area contributed by atoms with Gasteiger partial charge in [0.25, 0.3) is 5.69 Å². The van der Waals surface area contributed by atoms with Crippen molar-refractivity contribution < 1.29 is 28.7 Å². The summed E-state index contributed by atoms with van der Waals surface area (Å²) in [5, 5.41) is 11.4. The van der Waals surface area contributed by atoms with Crippen molar-refractivity contribution in [2.45, 2.75) is 13.8 Å². The van der Waals surface area contributed by atoms with Crippen molar-refractivity contribution in [2.24, 2.45) is 0 Å². The number of aryl methyl sites for hydroxylation is 2. The molecule has 1 heterocycles. The summed E-state index contributed by atoms with van der Waals surface area (Å²) >= 11 is 0. The molecule has 0 saturated heterocycles. The third-order valence-electron chi connectivity index (χ3n) is 5.25. The molecule has 186 valence electrons. The van der Waals surface area contributed by atoms with Gasteiger partial charge in [0.05, 0.1) is 34.0 Å². The number of carbonyl (C=O) groups excluding carboxylic acids is 2. The zero-order valence-corrected chi connectivity index (χ0v) is 20.2. The quantitative estimate of drug-likeness (QED) is 0.170. The monoisotopic (exact) mass is 490 g/mol. The second-order valence-electron chi connectivity index (χ2n) is 7.76. The van der Waals surface area contributed by atoms with Crippen LogP contribution in [0, 0.1) is 24.0 Å². The van der Waals surface area contributed by atoms with Gasteiger partial charge in [0.15, 0.2) is 0 Å². The van der Waals surface area contributed by atoms with Crippen LogP contribution in [0.3, 0.4) is 0 Å². The average molecular weight is 491 g/mol. The van der Waals surface area contributed by atoms with Crippen LogP contribution in [0.5, 0.6) is 0 Å². The number of ether oxygens (including phenoxy) is 3. The number of aromatic nitrogens is 1. The van der Waals surface area contributed by atoms with Crippen LogP contribution in [-0.4, -0.2) is 48.8 Å². The standard InChI is InChI=1S/C27H26N2O7/c1-18-23(26(30)35-14-8-11-20-9-5-4-6-10-20)25(21-12-7-13-22(17-21)29(32)33)24(19(2)28-18)27(31)36-16-15-34-3/h4-13,17H,14-16H2,1-3H3. The number of carbonyl (C=O) groups is 2. The van der Waals surface area contributed by atoms with Gasteiger partial charge in [-0.1, -0.05) is 48.5 Å². The molecule has 0 aliphatic rings. The number of non-ortho nitro benzene ring substituents is 1. The van der Waals surface area contributed by atoms with Crippen molar-refractivity contribution >= 4 is 23.7 Å². The van der Waals surface area contributed by atoms with Gasteiger partial charge >= 0.3 is 11.9 Å². The second kappa shape index (κ2) is 12.4. The van der Waals surface area contributed by atoms with Crippen molar-refractivity contribution in [2.75, 3.05) is 26.9 Å². The lowest BCUT2D eigenvalue weighted by Gasteiger charge is -2.18. The maximum Gasteiger partial charge on any atom is 0.340 e. The van der Waals surface area contributed by atoms with E-state index in [-0.39, 0.29) is 42.2 Å². The summed E-state index contributed by atoms with van der Waals surface area (Å²) in [6.07, 6.45) is 3.50. The lowest BCUT2D eigenvalue weighted by atomic mass is 9.92. The molecule has 0 amide bonds. The van der Waals surface area contributed by atoms with Crippen LogP contribution in [0.4, 0.5) is 5.69 Å². The summed E-state index contributed by atoms with van der Waals surface area (Å²) < 4.78 is 15.7. The van der Waals surface area contributed by atoms with Crippen LogP contribution >= 0.6 is 0 Å². The average Bonchev–Trinajstić information content (AvgIpc) is 2.86. The fraction of sp³-hybridized carbons (Fsp3) is 0.222. The highest BCUT2D eigenvalue weighted by molar-refractivity contribution is 6.07. The molecule has 9 nitrogen and oxygen atoms in total. The molecule has 0 bridgehead atoms. The van der Waals surface area contributed by atoms with E-state index in [0.717, 1.165) is 5.56 Å². The van der Waals surface area contributed by atoms with E-state index in [0.29, 0.717) is 17.0 Å². The Morgan fingerprint density at radius 1 is 0.944 bits per heavy atom. The van der Waals surface area contributed by atoms with Gasteiger partial charge in [0, 0.05) is 24.8 Å². The third kappa shape index (κ3) is 6.39. The van der Waals surface area contributed by atoms with Crippen LogP contribution in [0.2, 0.25) is 0 Å². The third-order valence-corrected chi connectivity index (χ3v) is 5.25. The Hall–Kier alpha value is -4.37.